The van der Waals surface area contributed by atoms with Gasteiger partial charge in [0.05, 0.1) is 16.3 Å². The van der Waals surface area contributed by atoms with Crippen LogP contribution in [0.2, 0.25) is 5.02 Å². The van der Waals surface area contributed by atoms with Crippen molar-refractivity contribution >= 4 is 23.2 Å². The van der Waals surface area contributed by atoms with Crippen LogP contribution in [0.3, 0.4) is 0 Å². The zero-order valence-electron chi connectivity index (χ0n) is 11.6. The summed E-state index contributed by atoms with van der Waals surface area (Å²) in [6, 6.07) is 3.81. The van der Waals surface area contributed by atoms with Gasteiger partial charge in [-0.15, -0.1) is 0 Å². The van der Waals surface area contributed by atoms with Gasteiger partial charge in [0.1, 0.15) is 6.61 Å². The van der Waals surface area contributed by atoms with Crippen LogP contribution in [0, 0.1) is 13.8 Å². The lowest BCUT2D eigenvalue weighted by Gasteiger charge is -2.19. The molecule has 100 valence electrons. The van der Waals surface area contributed by atoms with Crippen molar-refractivity contribution in [2.75, 3.05) is 11.9 Å². The Morgan fingerprint density at radius 1 is 1.33 bits per heavy atom. The summed E-state index contributed by atoms with van der Waals surface area (Å²) in [6.45, 7) is 9.62. The van der Waals surface area contributed by atoms with Gasteiger partial charge in [-0.2, -0.15) is 0 Å². The second-order valence-electron chi connectivity index (χ2n) is 5.39. The van der Waals surface area contributed by atoms with Gasteiger partial charge in [0.2, 0.25) is 5.91 Å². The fraction of sp³-hybridized carbons (Fsp3) is 0.500. The highest BCUT2D eigenvalue weighted by Crippen LogP contribution is 2.27. The number of hydrogen-bond donors (Lipinski definition) is 1. The summed E-state index contributed by atoms with van der Waals surface area (Å²) >= 11 is 6.11. The molecule has 1 amide bonds. The summed E-state index contributed by atoms with van der Waals surface area (Å²) in [6.07, 6.45) is 0. The lowest BCUT2D eigenvalue weighted by Crippen LogP contribution is -2.27. The van der Waals surface area contributed by atoms with Crippen LogP contribution < -0.4 is 5.32 Å². The average Bonchev–Trinajstić information content (AvgIpc) is 2.19. The van der Waals surface area contributed by atoms with E-state index < -0.39 is 0 Å². The zero-order chi connectivity index (χ0) is 13.9. The molecular formula is C14H20ClNO2. The molecule has 0 aliphatic heterocycles. The van der Waals surface area contributed by atoms with E-state index >= 15 is 0 Å². The van der Waals surface area contributed by atoms with E-state index in [-0.39, 0.29) is 18.1 Å². The lowest BCUT2D eigenvalue weighted by atomic mass is 10.1. The summed E-state index contributed by atoms with van der Waals surface area (Å²) in [4.78, 5) is 11.8. The molecule has 0 aliphatic carbocycles. The number of anilines is 1. The van der Waals surface area contributed by atoms with E-state index in [4.69, 9.17) is 16.3 Å². The van der Waals surface area contributed by atoms with Crippen molar-refractivity contribution in [3.8, 4) is 0 Å². The first-order valence-corrected chi connectivity index (χ1v) is 6.27. The first kappa shape index (κ1) is 15.0. The second-order valence-corrected chi connectivity index (χ2v) is 5.80. The number of ether oxygens (including phenoxy) is 1. The number of hydrogen-bond acceptors (Lipinski definition) is 2. The topological polar surface area (TPSA) is 38.3 Å². The van der Waals surface area contributed by atoms with Gasteiger partial charge < -0.3 is 10.1 Å². The number of halogens is 1. The Hall–Kier alpha value is -1.06. The summed E-state index contributed by atoms with van der Waals surface area (Å²) in [5, 5.41) is 3.33. The van der Waals surface area contributed by atoms with Gasteiger partial charge in [-0.05, 0) is 51.8 Å². The Morgan fingerprint density at radius 2 is 1.94 bits per heavy atom. The number of nitrogens with one attached hydrogen (secondary N) is 1. The minimum absolute atomic E-state index is 0.0210. The van der Waals surface area contributed by atoms with Crippen molar-refractivity contribution in [1.29, 1.82) is 0 Å². The third-order valence-electron chi connectivity index (χ3n) is 2.33. The molecule has 18 heavy (non-hydrogen) atoms. The van der Waals surface area contributed by atoms with Crippen LogP contribution in [0.25, 0.3) is 0 Å². The summed E-state index contributed by atoms with van der Waals surface area (Å²) < 4.78 is 5.41. The fourth-order valence-electron chi connectivity index (χ4n) is 1.53. The molecule has 1 aromatic carbocycles. The molecule has 0 bridgehead atoms. The van der Waals surface area contributed by atoms with E-state index in [1.165, 1.54) is 0 Å². The molecule has 0 saturated carbocycles. The van der Waals surface area contributed by atoms with Gasteiger partial charge in [-0.25, -0.2) is 0 Å². The molecule has 0 radical (unpaired) electrons. The van der Waals surface area contributed by atoms with Crippen molar-refractivity contribution in [3.05, 3.63) is 28.3 Å². The van der Waals surface area contributed by atoms with Gasteiger partial charge in [0.25, 0.3) is 0 Å². The quantitative estimate of drug-likeness (QED) is 0.908. The predicted octanol–water partition coefficient (Wildman–Crippen LogP) is 3.71. The molecule has 3 nitrogen and oxygen atoms in total. The molecule has 1 aromatic rings. The van der Waals surface area contributed by atoms with Crippen LogP contribution in [0.1, 0.15) is 31.9 Å². The molecule has 4 heteroatoms. The van der Waals surface area contributed by atoms with Crippen LogP contribution in [0.4, 0.5) is 5.69 Å². The standard InChI is InChI=1S/C14H20ClNO2/c1-9-6-10(2)13(11(15)7-9)16-12(17)8-18-14(3,4)5/h6-7H,8H2,1-5H3,(H,16,17). The molecule has 0 heterocycles. The highest BCUT2D eigenvalue weighted by Gasteiger charge is 2.14. The third kappa shape index (κ3) is 4.67. The first-order valence-electron chi connectivity index (χ1n) is 5.89. The Labute approximate surface area is 113 Å². The number of carbonyl (C=O) groups is 1. The predicted molar refractivity (Wildman–Crippen MR) is 75.3 cm³/mol. The Morgan fingerprint density at radius 3 is 2.44 bits per heavy atom. The fourth-order valence-corrected chi connectivity index (χ4v) is 1.90. The number of benzene rings is 1. The van der Waals surface area contributed by atoms with Crippen molar-refractivity contribution in [2.24, 2.45) is 0 Å². The molecule has 0 aromatic heterocycles. The molecule has 1 N–H and O–H groups in total. The smallest absolute Gasteiger partial charge is 0.250 e. The lowest BCUT2D eigenvalue weighted by molar-refractivity contribution is -0.125. The molecule has 1 rings (SSSR count). The van der Waals surface area contributed by atoms with E-state index in [0.717, 1.165) is 11.1 Å². The average molecular weight is 270 g/mol. The number of amides is 1. The maximum atomic E-state index is 11.8. The van der Waals surface area contributed by atoms with Crippen molar-refractivity contribution in [2.45, 2.75) is 40.2 Å². The van der Waals surface area contributed by atoms with Crippen molar-refractivity contribution in [3.63, 3.8) is 0 Å². The first-order chi connectivity index (χ1) is 8.19. The summed E-state index contributed by atoms with van der Waals surface area (Å²) in [7, 11) is 0. The Bertz CT molecular complexity index is 427. The van der Waals surface area contributed by atoms with Crippen LogP contribution >= 0.6 is 11.6 Å². The monoisotopic (exact) mass is 269 g/mol. The van der Waals surface area contributed by atoms with E-state index in [2.05, 4.69) is 5.32 Å². The summed E-state index contributed by atoms with van der Waals surface area (Å²) in [5.41, 5.74) is 2.35. The SMILES string of the molecule is Cc1cc(C)c(NC(=O)COC(C)(C)C)c(Cl)c1. The largest absolute Gasteiger partial charge is 0.366 e. The minimum atomic E-state index is -0.330. The van der Waals surface area contributed by atoms with Crippen LogP contribution in [-0.4, -0.2) is 18.1 Å². The zero-order valence-corrected chi connectivity index (χ0v) is 12.3. The molecule has 0 saturated heterocycles. The number of aryl methyl sites for hydroxylation is 2. The second kappa shape index (κ2) is 5.72. The van der Waals surface area contributed by atoms with Crippen LogP contribution in [0.15, 0.2) is 12.1 Å². The van der Waals surface area contributed by atoms with E-state index in [0.29, 0.717) is 10.7 Å². The molecule has 0 atom stereocenters. The number of rotatable bonds is 3. The van der Waals surface area contributed by atoms with Gasteiger partial charge in [0, 0.05) is 0 Å². The molecule has 0 fully saturated rings. The molecule has 0 unspecified atom stereocenters. The van der Waals surface area contributed by atoms with Crippen molar-refractivity contribution in [1.82, 2.24) is 0 Å². The van der Waals surface area contributed by atoms with Crippen molar-refractivity contribution < 1.29 is 9.53 Å². The number of carbonyl (C=O) groups excluding carboxylic acids is 1. The Kier molecular flexibility index (Phi) is 4.77. The van der Waals surface area contributed by atoms with Gasteiger partial charge in [0.15, 0.2) is 0 Å². The van der Waals surface area contributed by atoms with Gasteiger partial charge in [-0.3, -0.25) is 4.79 Å². The minimum Gasteiger partial charge on any atom is -0.366 e. The highest BCUT2D eigenvalue weighted by molar-refractivity contribution is 6.34. The van der Waals surface area contributed by atoms with Crippen LogP contribution in [-0.2, 0) is 9.53 Å². The van der Waals surface area contributed by atoms with E-state index in [1.54, 1.807) is 0 Å². The normalized spacial score (nSPS) is 11.4. The third-order valence-corrected chi connectivity index (χ3v) is 2.63. The highest BCUT2D eigenvalue weighted by atomic mass is 35.5. The molecular weight excluding hydrogens is 250 g/mol. The Balaban J connectivity index is 2.71. The van der Waals surface area contributed by atoms with E-state index in [1.807, 2.05) is 46.8 Å². The van der Waals surface area contributed by atoms with E-state index in [9.17, 15) is 4.79 Å². The molecule has 0 spiro atoms. The van der Waals surface area contributed by atoms with Crippen LogP contribution in [0.5, 0.6) is 0 Å². The maximum absolute atomic E-state index is 11.8. The maximum Gasteiger partial charge on any atom is 0.250 e. The van der Waals surface area contributed by atoms with Gasteiger partial charge in [-0.1, -0.05) is 17.7 Å². The summed E-state index contributed by atoms with van der Waals surface area (Å²) in [5.74, 6) is -0.196. The molecule has 0 aliphatic rings. The van der Waals surface area contributed by atoms with Gasteiger partial charge >= 0.3 is 0 Å².